The van der Waals surface area contributed by atoms with E-state index in [0.29, 0.717) is 12.3 Å². The highest BCUT2D eigenvalue weighted by atomic mass is 32.2. The number of nitrogens with one attached hydrogen (secondary N) is 1. The second kappa shape index (κ2) is 8.93. The van der Waals surface area contributed by atoms with E-state index in [9.17, 15) is 4.21 Å². The lowest BCUT2D eigenvalue weighted by Gasteiger charge is -2.33. The highest BCUT2D eigenvalue weighted by molar-refractivity contribution is 7.85. The molecule has 1 aromatic carbocycles. The lowest BCUT2D eigenvalue weighted by Crippen LogP contribution is -2.46. The van der Waals surface area contributed by atoms with Gasteiger partial charge in [0.2, 0.25) is 0 Å². The second-order valence-corrected chi connectivity index (χ2v) is 7.36. The molecular weight excluding hydrogens is 294 g/mol. The van der Waals surface area contributed by atoms with Crippen LogP contribution in [0.15, 0.2) is 40.2 Å². The van der Waals surface area contributed by atoms with Gasteiger partial charge in [-0.15, -0.1) is 0 Å². The fourth-order valence-corrected chi connectivity index (χ4v) is 3.69. The summed E-state index contributed by atoms with van der Waals surface area (Å²) in [5, 5.41) is 3.36. The summed E-state index contributed by atoms with van der Waals surface area (Å²) >= 11 is 0. The van der Waals surface area contributed by atoms with Crippen LogP contribution in [0.5, 0.6) is 0 Å². The van der Waals surface area contributed by atoms with Gasteiger partial charge in [-0.1, -0.05) is 25.1 Å². The Balaban J connectivity index is 1.91. The summed E-state index contributed by atoms with van der Waals surface area (Å²) in [5.41, 5.74) is 0. The predicted octanol–water partition coefficient (Wildman–Crippen LogP) is 2.49. The zero-order chi connectivity index (χ0) is 15.8. The van der Waals surface area contributed by atoms with Crippen molar-refractivity contribution in [2.24, 2.45) is 10.9 Å². The molecule has 22 heavy (non-hydrogen) atoms. The van der Waals surface area contributed by atoms with Gasteiger partial charge in [-0.3, -0.25) is 9.20 Å². The molecule has 2 atom stereocenters. The number of likely N-dealkylation sites (tertiary alicyclic amines) is 1. The molecule has 0 aliphatic carbocycles. The van der Waals surface area contributed by atoms with E-state index in [1.807, 2.05) is 30.3 Å². The maximum Gasteiger partial charge on any atom is 0.193 e. The van der Waals surface area contributed by atoms with Crippen LogP contribution < -0.4 is 5.32 Å². The Labute approximate surface area is 136 Å². The number of hydrogen-bond donors (Lipinski definition) is 1. The lowest BCUT2D eigenvalue weighted by molar-refractivity contribution is 0.266. The monoisotopic (exact) mass is 321 g/mol. The summed E-state index contributed by atoms with van der Waals surface area (Å²) in [6, 6.07) is 9.62. The van der Waals surface area contributed by atoms with Gasteiger partial charge in [0, 0.05) is 30.3 Å². The van der Waals surface area contributed by atoms with Crippen LogP contribution >= 0.6 is 0 Å². The van der Waals surface area contributed by atoms with Gasteiger partial charge in [-0.2, -0.15) is 0 Å². The fourth-order valence-electron chi connectivity index (χ4n) is 2.73. The molecule has 0 aromatic heterocycles. The third kappa shape index (κ3) is 5.13. The van der Waals surface area contributed by atoms with E-state index in [-0.39, 0.29) is 0 Å². The van der Waals surface area contributed by atoms with Crippen LogP contribution in [0.3, 0.4) is 0 Å². The molecule has 1 fully saturated rings. The van der Waals surface area contributed by atoms with Gasteiger partial charge in [0.25, 0.3) is 0 Å². The minimum Gasteiger partial charge on any atom is -0.357 e. The van der Waals surface area contributed by atoms with Crippen LogP contribution in [0.1, 0.15) is 26.7 Å². The topological polar surface area (TPSA) is 44.7 Å². The third-order valence-corrected chi connectivity index (χ3v) is 5.19. The molecule has 1 saturated heterocycles. The van der Waals surface area contributed by atoms with Crippen molar-refractivity contribution in [1.82, 2.24) is 10.2 Å². The Hall–Kier alpha value is -1.36. The smallest absolute Gasteiger partial charge is 0.193 e. The third-order valence-electron chi connectivity index (χ3n) is 3.84. The van der Waals surface area contributed by atoms with Crippen LogP contribution in [-0.2, 0) is 10.8 Å². The first-order valence-electron chi connectivity index (χ1n) is 8.17. The molecule has 0 amide bonds. The highest BCUT2D eigenvalue weighted by Crippen LogP contribution is 2.15. The number of nitrogens with zero attached hydrogens (tertiary/aromatic N) is 2. The van der Waals surface area contributed by atoms with Crippen molar-refractivity contribution in [3.63, 3.8) is 0 Å². The van der Waals surface area contributed by atoms with Crippen molar-refractivity contribution in [2.45, 2.75) is 31.6 Å². The van der Waals surface area contributed by atoms with Crippen molar-refractivity contribution < 1.29 is 4.21 Å². The second-order valence-electron chi connectivity index (χ2n) is 5.79. The van der Waals surface area contributed by atoms with E-state index in [2.05, 4.69) is 29.1 Å². The number of rotatable bonds is 5. The first kappa shape index (κ1) is 17.0. The largest absolute Gasteiger partial charge is 0.357 e. The average molecular weight is 321 g/mol. The molecule has 1 aromatic rings. The quantitative estimate of drug-likeness (QED) is 0.669. The van der Waals surface area contributed by atoms with Gasteiger partial charge in [-0.25, -0.2) is 0 Å². The zero-order valence-corrected chi connectivity index (χ0v) is 14.4. The van der Waals surface area contributed by atoms with Crippen LogP contribution in [0, 0.1) is 5.92 Å². The van der Waals surface area contributed by atoms with E-state index < -0.39 is 10.8 Å². The van der Waals surface area contributed by atoms with Crippen molar-refractivity contribution >= 4 is 16.8 Å². The molecule has 2 unspecified atom stereocenters. The first-order valence-corrected chi connectivity index (χ1v) is 9.49. The molecule has 0 spiro atoms. The molecule has 0 saturated carbocycles. The Bertz CT molecular complexity index is 504. The molecule has 0 bridgehead atoms. The number of hydrogen-bond acceptors (Lipinski definition) is 2. The Morgan fingerprint density at radius 2 is 2.18 bits per heavy atom. The van der Waals surface area contributed by atoms with E-state index in [1.54, 1.807) is 0 Å². The minimum atomic E-state index is -0.969. The zero-order valence-electron chi connectivity index (χ0n) is 13.6. The van der Waals surface area contributed by atoms with Crippen molar-refractivity contribution in [2.75, 3.05) is 31.9 Å². The van der Waals surface area contributed by atoms with Crippen LogP contribution in [0.2, 0.25) is 0 Å². The first-order chi connectivity index (χ1) is 10.7. The summed E-state index contributed by atoms with van der Waals surface area (Å²) in [6.07, 6.45) is 2.52. The van der Waals surface area contributed by atoms with Crippen LogP contribution in [0.25, 0.3) is 0 Å². The molecule has 2 rings (SSSR count). The lowest BCUT2D eigenvalue weighted by atomic mass is 10.0. The fraction of sp³-hybridized carbons (Fsp3) is 0.588. The highest BCUT2D eigenvalue weighted by Gasteiger charge is 2.19. The van der Waals surface area contributed by atoms with Gasteiger partial charge in [-0.05, 0) is 37.8 Å². The molecule has 1 aliphatic heterocycles. The molecule has 4 nitrogen and oxygen atoms in total. The summed E-state index contributed by atoms with van der Waals surface area (Å²) in [6.45, 7) is 7.97. The molecule has 1 aliphatic rings. The van der Waals surface area contributed by atoms with Gasteiger partial charge in [0.05, 0.1) is 17.3 Å². The maximum absolute atomic E-state index is 12.2. The van der Waals surface area contributed by atoms with Gasteiger partial charge < -0.3 is 10.2 Å². The maximum atomic E-state index is 12.2. The number of piperidine rings is 1. The summed E-state index contributed by atoms with van der Waals surface area (Å²) in [7, 11) is -0.969. The molecule has 1 N–H and O–H groups in total. The average Bonchev–Trinajstić information content (AvgIpc) is 2.54. The Morgan fingerprint density at radius 1 is 1.41 bits per heavy atom. The SMILES string of the molecule is CCNC(=NCCS(=O)c1ccccc1)N1CCCC(C)C1. The van der Waals surface area contributed by atoms with Gasteiger partial charge >= 0.3 is 0 Å². The van der Waals surface area contributed by atoms with Gasteiger partial charge in [0.1, 0.15) is 0 Å². The standard InChI is InChI=1S/C17H27N3OS/c1-3-18-17(20-12-7-8-15(2)14-20)19-11-13-22(21)16-9-5-4-6-10-16/h4-6,9-10,15H,3,7-8,11-14H2,1-2H3,(H,18,19). The normalized spacial score (nSPS) is 20.7. The van der Waals surface area contributed by atoms with E-state index in [1.165, 1.54) is 12.8 Å². The number of benzene rings is 1. The number of guanidine groups is 1. The van der Waals surface area contributed by atoms with E-state index in [4.69, 9.17) is 0 Å². The molecule has 5 heteroatoms. The molecular formula is C17H27N3OS. The van der Waals surface area contributed by atoms with E-state index in [0.717, 1.165) is 36.4 Å². The van der Waals surface area contributed by atoms with Crippen molar-refractivity contribution in [1.29, 1.82) is 0 Å². The van der Waals surface area contributed by atoms with Crippen LogP contribution in [0.4, 0.5) is 0 Å². The predicted molar refractivity (Wildman–Crippen MR) is 93.7 cm³/mol. The van der Waals surface area contributed by atoms with E-state index >= 15 is 0 Å². The molecule has 1 heterocycles. The van der Waals surface area contributed by atoms with Crippen LogP contribution in [-0.4, -0.2) is 47.0 Å². The summed E-state index contributed by atoms with van der Waals surface area (Å²) in [5.74, 6) is 2.26. The molecule has 0 radical (unpaired) electrons. The Morgan fingerprint density at radius 3 is 2.86 bits per heavy atom. The van der Waals surface area contributed by atoms with Crippen molar-refractivity contribution in [3.8, 4) is 0 Å². The van der Waals surface area contributed by atoms with Gasteiger partial charge in [0.15, 0.2) is 5.96 Å². The summed E-state index contributed by atoms with van der Waals surface area (Å²) < 4.78 is 12.2. The minimum absolute atomic E-state index is 0.572. The molecule has 122 valence electrons. The number of aliphatic imine (C=N–C) groups is 1. The summed E-state index contributed by atoms with van der Waals surface area (Å²) in [4.78, 5) is 7.90. The Kier molecular flexibility index (Phi) is 6.90. The van der Waals surface area contributed by atoms with Crippen molar-refractivity contribution in [3.05, 3.63) is 30.3 Å².